The molecule has 2 fully saturated rings. The highest BCUT2D eigenvalue weighted by Gasteiger charge is 2.59. The second kappa shape index (κ2) is 7.57. The fourth-order valence-corrected chi connectivity index (χ4v) is 5.12. The lowest BCUT2D eigenvalue weighted by molar-refractivity contribution is -0.105. The molecule has 5 heteroatoms. The summed E-state index contributed by atoms with van der Waals surface area (Å²) < 4.78 is 0. The van der Waals surface area contributed by atoms with Gasteiger partial charge in [-0.2, -0.15) is 0 Å². The number of nitrogens with zero attached hydrogens (tertiary/aromatic N) is 2. The van der Waals surface area contributed by atoms with Crippen LogP contribution in [0.2, 0.25) is 0 Å². The summed E-state index contributed by atoms with van der Waals surface area (Å²) in [7, 11) is 1.79. The van der Waals surface area contributed by atoms with Gasteiger partial charge in [-0.1, -0.05) is 44.2 Å². The quantitative estimate of drug-likeness (QED) is 0.850. The van der Waals surface area contributed by atoms with E-state index < -0.39 is 6.10 Å². The van der Waals surface area contributed by atoms with E-state index in [1.807, 2.05) is 6.92 Å². The van der Waals surface area contributed by atoms with Gasteiger partial charge < -0.3 is 15.3 Å². The number of aliphatic hydroxyl groups is 1. The molecule has 0 aromatic heterocycles. The maximum atomic E-state index is 12.2. The van der Waals surface area contributed by atoms with Gasteiger partial charge in [0.1, 0.15) is 0 Å². The molecule has 26 heavy (non-hydrogen) atoms. The molecule has 2 aliphatic rings. The third kappa shape index (κ3) is 3.60. The normalized spacial score (nSPS) is 31.2. The Morgan fingerprint density at radius 3 is 2.65 bits per heavy atom. The van der Waals surface area contributed by atoms with Crippen LogP contribution in [0.1, 0.15) is 39.2 Å². The van der Waals surface area contributed by atoms with Gasteiger partial charge in [-0.15, -0.1) is 0 Å². The Hall–Kier alpha value is -1.59. The topological polar surface area (TPSA) is 55.8 Å². The van der Waals surface area contributed by atoms with Gasteiger partial charge in [0.2, 0.25) is 0 Å². The molecule has 1 aliphatic carbocycles. The average Bonchev–Trinajstić information content (AvgIpc) is 2.91. The van der Waals surface area contributed by atoms with Crippen LogP contribution in [-0.2, 0) is 6.54 Å². The summed E-state index contributed by atoms with van der Waals surface area (Å²) in [5, 5.41) is 13.7. The van der Waals surface area contributed by atoms with Gasteiger partial charge in [0.25, 0.3) is 0 Å². The molecule has 4 atom stereocenters. The van der Waals surface area contributed by atoms with Gasteiger partial charge in [-0.25, -0.2) is 4.79 Å². The van der Waals surface area contributed by atoms with Crippen LogP contribution in [-0.4, -0.2) is 59.3 Å². The first-order chi connectivity index (χ1) is 12.4. The van der Waals surface area contributed by atoms with Crippen molar-refractivity contribution in [3.8, 4) is 0 Å². The molecule has 1 aromatic rings. The summed E-state index contributed by atoms with van der Waals surface area (Å²) in [6.07, 6.45) is 1.19. The van der Waals surface area contributed by atoms with Gasteiger partial charge in [-0.05, 0) is 31.2 Å². The molecule has 144 valence electrons. The van der Waals surface area contributed by atoms with Crippen molar-refractivity contribution < 1.29 is 9.90 Å². The summed E-state index contributed by atoms with van der Waals surface area (Å²) in [4.78, 5) is 16.4. The number of benzene rings is 1. The van der Waals surface area contributed by atoms with Crippen LogP contribution < -0.4 is 5.32 Å². The maximum Gasteiger partial charge on any atom is 0.317 e. The molecule has 5 nitrogen and oxygen atoms in total. The minimum atomic E-state index is -0.454. The number of hydrogen-bond acceptors (Lipinski definition) is 3. The highest BCUT2D eigenvalue weighted by Crippen LogP contribution is 2.53. The van der Waals surface area contributed by atoms with Gasteiger partial charge in [-0.3, -0.25) is 4.90 Å². The van der Waals surface area contributed by atoms with Crippen molar-refractivity contribution in [1.29, 1.82) is 0 Å². The number of amides is 2. The predicted octanol–water partition coefficient (Wildman–Crippen LogP) is 2.70. The van der Waals surface area contributed by atoms with Gasteiger partial charge in [0.05, 0.1) is 12.1 Å². The second-order valence-corrected chi connectivity index (χ2v) is 8.49. The molecule has 1 saturated carbocycles. The van der Waals surface area contributed by atoms with Crippen LogP contribution >= 0.6 is 0 Å². The van der Waals surface area contributed by atoms with E-state index >= 15 is 0 Å². The molecule has 2 unspecified atom stereocenters. The molecule has 0 radical (unpaired) electrons. The molecule has 1 spiro atoms. The lowest BCUT2D eigenvalue weighted by Gasteiger charge is -2.58. The van der Waals surface area contributed by atoms with E-state index in [1.54, 1.807) is 11.9 Å². The lowest BCUT2D eigenvalue weighted by Crippen LogP contribution is -2.65. The average molecular weight is 360 g/mol. The van der Waals surface area contributed by atoms with E-state index in [2.05, 4.69) is 54.4 Å². The molecular weight excluding hydrogens is 326 g/mol. The molecule has 2 N–H and O–H groups in total. The van der Waals surface area contributed by atoms with Crippen molar-refractivity contribution in [1.82, 2.24) is 15.1 Å². The number of urea groups is 1. The fraction of sp³-hybridized carbons (Fsp3) is 0.667. The zero-order valence-corrected chi connectivity index (χ0v) is 16.5. The number of aliphatic hydroxyl groups excluding tert-OH is 1. The van der Waals surface area contributed by atoms with Crippen LogP contribution in [0.5, 0.6) is 0 Å². The van der Waals surface area contributed by atoms with E-state index in [0.717, 1.165) is 25.9 Å². The molecule has 1 aromatic carbocycles. The number of carbonyl (C=O) groups is 1. The third-order valence-electron chi connectivity index (χ3n) is 6.24. The summed E-state index contributed by atoms with van der Waals surface area (Å²) in [6, 6.07) is 10.8. The minimum Gasteiger partial charge on any atom is -0.391 e. The number of rotatable bonds is 5. The predicted molar refractivity (Wildman–Crippen MR) is 104 cm³/mol. The van der Waals surface area contributed by atoms with Crippen LogP contribution in [0.4, 0.5) is 4.79 Å². The summed E-state index contributed by atoms with van der Waals surface area (Å²) in [6.45, 7) is 9.11. The Morgan fingerprint density at radius 2 is 2.04 bits per heavy atom. The first-order valence-electron chi connectivity index (χ1n) is 9.84. The zero-order chi connectivity index (χ0) is 18.9. The second-order valence-electron chi connectivity index (χ2n) is 8.49. The van der Waals surface area contributed by atoms with Crippen molar-refractivity contribution in [2.24, 2.45) is 11.3 Å². The number of likely N-dealkylation sites (tertiary alicyclic amines) is 1. The first kappa shape index (κ1) is 19.2. The smallest absolute Gasteiger partial charge is 0.317 e. The van der Waals surface area contributed by atoms with Crippen molar-refractivity contribution >= 4 is 6.03 Å². The lowest BCUT2D eigenvalue weighted by atomic mass is 9.65. The molecule has 3 rings (SSSR count). The summed E-state index contributed by atoms with van der Waals surface area (Å²) in [5.74, 6) is 0.521. The number of nitrogens with one attached hydrogen (secondary N) is 1. The Labute approximate surface area is 157 Å². The summed E-state index contributed by atoms with van der Waals surface area (Å²) in [5.41, 5.74) is 1.45. The molecule has 0 bridgehead atoms. The van der Waals surface area contributed by atoms with E-state index in [4.69, 9.17) is 0 Å². The third-order valence-corrected chi connectivity index (χ3v) is 6.24. The standard InChI is InChI=1S/C21H33N3O2/c1-5-23(4)20(26)22-17-11-21(12-18(17)25)14-24(19(21)15(2)3)13-16-9-7-6-8-10-16/h6-10,15,17-19,25H,5,11-14H2,1-4H3,(H,22,26)/t17-,18-,19?,21?/m1/s1. The van der Waals surface area contributed by atoms with E-state index in [-0.39, 0.29) is 17.5 Å². The van der Waals surface area contributed by atoms with E-state index in [9.17, 15) is 9.90 Å². The minimum absolute atomic E-state index is 0.0878. The van der Waals surface area contributed by atoms with Crippen LogP contribution in [0.25, 0.3) is 0 Å². The molecule has 2 amide bonds. The Morgan fingerprint density at radius 1 is 1.35 bits per heavy atom. The van der Waals surface area contributed by atoms with Crippen LogP contribution in [0, 0.1) is 11.3 Å². The van der Waals surface area contributed by atoms with Gasteiger partial charge >= 0.3 is 6.03 Å². The fourth-order valence-electron chi connectivity index (χ4n) is 5.12. The maximum absolute atomic E-state index is 12.2. The highest BCUT2D eigenvalue weighted by molar-refractivity contribution is 5.74. The Kier molecular flexibility index (Phi) is 5.58. The van der Waals surface area contributed by atoms with Gasteiger partial charge in [0.15, 0.2) is 0 Å². The van der Waals surface area contributed by atoms with Crippen molar-refractivity contribution in [3.05, 3.63) is 35.9 Å². The number of carbonyl (C=O) groups excluding carboxylic acids is 1. The SMILES string of the molecule is CCN(C)C(=O)N[C@@H]1CC2(C[C@H]1O)CN(Cc1ccccc1)C2C(C)C. The van der Waals surface area contributed by atoms with Crippen LogP contribution in [0.3, 0.4) is 0 Å². The van der Waals surface area contributed by atoms with Crippen molar-refractivity contribution in [2.75, 3.05) is 20.1 Å². The number of hydrogen-bond donors (Lipinski definition) is 2. The Balaban J connectivity index is 1.67. The molecule has 1 saturated heterocycles. The molecule has 1 aliphatic heterocycles. The molecule has 1 heterocycles. The van der Waals surface area contributed by atoms with E-state index in [1.165, 1.54) is 5.56 Å². The highest BCUT2D eigenvalue weighted by atomic mass is 16.3. The molecular formula is C21H33N3O2. The van der Waals surface area contributed by atoms with Gasteiger partial charge in [0, 0.05) is 38.1 Å². The van der Waals surface area contributed by atoms with Crippen LogP contribution in [0.15, 0.2) is 30.3 Å². The first-order valence-corrected chi connectivity index (χ1v) is 9.84. The monoisotopic (exact) mass is 359 g/mol. The summed E-state index contributed by atoms with van der Waals surface area (Å²) >= 11 is 0. The largest absolute Gasteiger partial charge is 0.391 e. The zero-order valence-electron chi connectivity index (χ0n) is 16.5. The van der Waals surface area contributed by atoms with E-state index in [0.29, 0.717) is 18.5 Å². The Bertz CT molecular complexity index is 621. The van der Waals surface area contributed by atoms with Crippen molar-refractivity contribution in [2.45, 2.75) is 58.3 Å². The van der Waals surface area contributed by atoms with Crippen molar-refractivity contribution in [3.63, 3.8) is 0 Å².